The molecular weight excluding hydrogens is 382 g/mol. The first-order chi connectivity index (χ1) is 11.8. The van der Waals surface area contributed by atoms with E-state index in [4.69, 9.17) is 17.0 Å². The Morgan fingerprint density at radius 1 is 1.20 bits per heavy atom. The summed E-state index contributed by atoms with van der Waals surface area (Å²) in [5.41, 5.74) is 1.02. The molecule has 1 aromatic heterocycles. The Labute approximate surface area is 155 Å². The van der Waals surface area contributed by atoms with E-state index in [0.717, 1.165) is 4.88 Å². The largest absolute Gasteiger partial charge is 0.465 e. The van der Waals surface area contributed by atoms with E-state index in [9.17, 15) is 13.2 Å². The smallest absolute Gasteiger partial charge is 0.340 e. The van der Waals surface area contributed by atoms with Gasteiger partial charge in [0.05, 0.1) is 17.6 Å². The van der Waals surface area contributed by atoms with E-state index >= 15 is 0 Å². The number of methoxy groups -OCH3 is 1. The van der Waals surface area contributed by atoms with E-state index in [-0.39, 0.29) is 10.0 Å². The van der Waals surface area contributed by atoms with E-state index in [0.29, 0.717) is 16.3 Å². The number of hydrogen-bond donors (Lipinski definition) is 3. The van der Waals surface area contributed by atoms with Crippen LogP contribution in [0.1, 0.15) is 15.2 Å². The molecule has 0 aliphatic rings. The Morgan fingerprint density at radius 3 is 2.40 bits per heavy atom. The van der Waals surface area contributed by atoms with Crippen LogP contribution in [0.4, 0.5) is 10.7 Å². The van der Waals surface area contributed by atoms with Crippen LogP contribution in [0, 0.1) is 6.92 Å². The highest BCUT2D eigenvalue weighted by Crippen LogP contribution is 2.28. The summed E-state index contributed by atoms with van der Waals surface area (Å²) in [7, 11) is -0.818. The van der Waals surface area contributed by atoms with Crippen molar-refractivity contribution in [2.24, 2.45) is 0 Å². The van der Waals surface area contributed by atoms with E-state index in [1.165, 1.54) is 37.6 Å². The summed E-state index contributed by atoms with van der Waals surface area (Å²) in [6.07, 6.45) is 0. The molecule has 0 saturated carbocycles. The van der Waals surface area contributed by atoms with E-state index < -0.39 is 16.0 Å². The zero-order chi connectivity index (χ0) is 18.6. The summed E-state index contributed by atoms with van der Waals surface area (Å²) in [6, 6.07) is 7.84. The van der Waals surface area contributed by atoms with Crippen LogP contribution >= 0.6 is 23.6 Å². The molecule has 7 nitrogen and oxygen atoms in total. The van der Waals surface area contributed by atoms with Gasteiger partial charge in [-0.1, -0.05) is 0 Å². The molecule has 134 valence electrons. The molecular formula is C15H17N3O4S3. The van der Waals surface area contributed by atoms with Crippen LogP contribution < -0.4 is 15.4 Å². The lowest BCUT2D eigenvalue weighted by molar-refractivity contribution is 0.0602. The number of thiocarbonyl (C=S) groups is 1. The zero-order valence-electron chi connectivity index (χ0n) is 13.7. The summed E-state index contributed by atoms with van der Waals surface area (Å²) in [5.74, 6) is -0.448. The fourth-order valence-corrected chi connectivity index (χ4v) is 3.89. The molecule has 0 fully saturated rings. The molecule has 0 saturated heterocycles. The number of ether oxygens (including phenoxy) is 1. The molecule has 0 unspecified atom stereocenters. The van der Waals surface area contributed by atoms with Crippen molar-refractivity contribution < 1.29 is 17.9 Å². The van der Waals surface area contributed by atoms with Crippen molar-refractivity contribution in [3.05, 3.63) is 40.8 Å². The van der Waals surface area contributed by atoms with Crippen molar-refractivity contribution in [3.63, 3.8) is 0 Å². The first-order valence-corrected chi connectivity index (χ1v) is 9.78. The Hall–Kier alpha value is -2.01. The van der Waals surface area contributed by atoms with Gasteiger partial charge in [0.2, 0.25) is 10.0 Å². The SMILES string of the molecule is CNS(=O)(=O)c1ccc(NC(=S)Nc2sc(C)cc2C(=O)OC)cc1. The van der Waals surface area contributed by atoms with Gasteiger partial charge in [-0.2, -0.15) is 0 Å². The number of esters is 1. The zero-order valence-corrected chi connectivity index (χ0v) is 16.2. The number of nitrogens with one attached hydrogen (secondary N) is 3. The van der Waals surface area contributed by atoms with E-state index in [1.807, 2.05) is 6.92 Å². The highest BCUT2D eigenvalue weighted by atomic mass is 32.2. The Balaban J connectivity index is 2.10. The number of rotatable bonds is 5. The second-order valence-corrected chi connectivity index (χ2v) is 8.45. The van der Waals surface area contributed by atoms with Gasteiger partial charge in [-0.3, -0.25) is 0 Å². The van der Waals surface area contributed by atoms with Crippen LogP contribution in [-0.2, 0) is 14.8 Å². The minimum atomic E-state index is -3.48. The van der Waals surface area contributed by atoms with Crippen molar-refractivity contribution in [1.29, 1.82) is 0 Å². The normalized spacial score (nSPS) is 11.0. The van der Waals surface area contributed by atoms with Crippen molar-refractivity contribution in [2.45, 2.75) is 11.8 Å². The summed E-state index contributed by atoms with van der Waals surface area (Å²) < 4.78 is 30.4. The lowest BCUT2D eigenvalue weighted by atomic mass is 10.3. The predicted molar refractivity (Wildman–Crippen MR) is 103 cm³/mol. The number of hydrogen-bond acceptors (Lipinski definition) is 6. The molecule has 2 aromatic rings. The van der Waals surface area contributed by atoms with Crippen LogP contribution in [0.2, 0.25) is 0 Å². The molecule has 10 heteroatoms. The number of benzene rings is 1. The van der Waals surface area contributed by atoms with Crippen molar-refractivity contribution in [3.8, 4) is 0 Å². The number of thiophene rings is 1. The van der Waals surface area contributed by atoms with Gasteiger partial charge in [0.15, 0.2) is 5.11 Å². The number of sulfonamides is 1. The van der Waals surface area contributed by atoms with Gasteiger partial charge < -0.3 is 15.4 Å². The summed E-state index contributed by atoms with van der Waals surface area (Å²) in [6.45, 7) is 1.87. The van der Waals surface area contributed by atoms with Crippen molar-refractivity contribution in [2.75, 3.05) is 24.8 Å². The van der Waals surface area contributed by atoms with Gasteiger partial charge in [-0.25, -0.2) is 17.9 Å². The summed E-state index contributed by atoms with van der Waals surface area (Å²) in [4.78, 5) is 12.9. The highest BCUT2D eigenvalue weighted by Gasteiger charge is 2.16. The van der Waals surface area contributed by atoms with Crippen LogP contribution in [0.3, 0.4) is 0 Å². The minimum Gasteiger partial charge on any atom is -0.465 e. The number of anilines is 2. The summed E-state index contributed by atoms with van der Waals surface area (Å²) in [5, 5.41) is 6.75. The maximum Gasteiger partial charge on any atom is 0.340 e. The lowest BCUT2D eigenvalue weighted by Crippen LogP contribution is -2.20. The average molecular weight is 400 g/mol. The molecule has 0 atom stereocenters. The van der Waals surface area contributed by atoms with Crippen LogP contribution in [0.15, 0.2) is 35.2 Å². The van der Waals surface area contributed by atoms with Gasteiger partial charge in [0.1, 0.15) is 5.00 Å². The Bertz CT molecular complexity index is 889. The molecule has 25 heavy (non-hydrogen) atoms. The molecule has 0 radical (unpaired) electrons. The monoisotopic (exact) mass is 399 g/mol. The summed E-state index contributed by atoms with van der Waals surface area (Å²) >= 11 is 6.62. The molecule has 1 heterocycles. The molecule has 0 aliphatic carbocycles. The fourth-order valence-electron chi connectivity index (χ4n) is 1.97. The maximum absolute atomic E-state index is 11.8. The Morgan fingerprint density at radius 2 is 1.84 bits per heavy atom. The van der Waals surface area contributed by atoms with Gasteiger partial charge in [0, 0.05) is 10.6 Å². The Kier molecular flexibility index (Phi) is 6.11. The molecule has 1 aromatic carbocycles. The van der Waals surface area contributed by atoms with Crippen molar-refractivity contribution >= 4 is 55.3 Å². The first kappa shape index (κ1) is 19.3. The average Bonchev–Trinajstić information content (AvgIpc) is 2.94. The van der Waals surface area contributed by atoms with Crippen molar-refractivity contribution in [1.82, 2.24) is 4.72 Å². The molecule has 3 N–H and O–H groups in total. The van der Waals surface area contributed by atoms with Gasteiger partial charge in [-0.05, 0) is 56.5 Å². The number of carbonyl (C=O) groups excluding carboxylic acids is 1. The first-order valence-electron chi connectivity index (χ1n) is 7.07. The highest BCUT2D eigenvalue weighted by molar-refractivity contribution is 7.89. The van der Waals surface area contributed by atoms with Crippen LogP contribution in [-0.4, -0.2) is 33.7 Å². The number of carbonyl (C=O) groups is 1. The molecule has 0 bridgehead atoms. The van der Waals surface area contributed by atoms with E-state index in [1.54, 1.807) is 18.2 Å². The maximum atomic E-state index is 11.8. The molecule has 0 aliphatic heterocycles. The second-order valence-electron chi connectivity index (χ2n) is 4.90. The quantitative estimate of drug-likeness (QED) is 0.525. The third-order valence-electron chi connectivity index (χ3n) is 3.18. The lowest BCUT2D eigenvalue weighted by Gasteiger charge is -2.11. The minimum absolute atomic E-state index is 0.154. The standard InChI is InChI=1S/C15H17N3O4S3/c1-9-8-12(14(19)22-3)13(24-9)18-15(23)17-10-4-6-11(7-5-10)25(20,21)16-2/h4-8,16H,1-3H3,(H2,17,18,23). The third kappa shape index (κ3) is 4.75. The molecule has 0 amide bonds. The van der Waals surface area contributed by atoms with Gasteiger partial charge >= 0.3 is 5.97 Å². The molecule has 0 spiro atoms. The topological polar surface area (TPSA) is 96.5 Å². The van der Waals surface area contributed by atoms with E-state index in [2.05, 4.69) is 15.4 Å². The predicted octanol–water partition coefficient (Wildman–Crippen LogP) is 2.56. The molecule has 2 rings (SSSR count). The van der Waals surface area contributed by atoms with Crippen LogP contribution in [0.5, 0.6) is 0 Å². The van der Waals surface area contributed by atoms with Gasteiger partial charge in [-0.15, -0.1) is 11.3 Å². The number of aryl methyl sites for hydroxylation is 1. The second kappa shape index (κ2) is 7.91. The fraction of sp³-hybridized carbons (Fsp3) is 0.200. The third-order valence-corrected chi connectivity index (χ3v) is 5.78. The van der Waals surface area contributed by atoms with Gasteiger partial charge in [0.25, 0.3) is 0 Å². The van der Waals surface area contributed by atoms with Crippen LogP contribution in [0.25, 0.3) is 0 Å².